The summed E-state index contributed by atoms with van der Waals surface area (Å²) in [5, 5.41) is 10.5. The fraction of sp³-hybridized carbons (Fsp3) is 0.875. The predicted octanol–water partition coefficient (Wildman–Crippen LogP) is 3.44. The van der Waals surface area contributed by atoms with Crippen LogP contribution in [0.15, 0.2) is 24.3 Å². The highest BCUT2D eigenvalue weighted by atomic mass is 16.8. The van der Waals surface area contributed by atoms with Crippen LogP contribution in [-0.4, -0.2) is 128 Å². The minimum Gasteiger partial charge on any atom is -0.392 e. The number of hydrogen-bond donors (Lipinski definition) is 2. The van der Waals surface area contributed by atoms with Crippen molar-refractivity contribution in [3.05, 3.63) is 24.3 Å². The second kappa shape index (κ2) is 14.3. The van der Waals surface area contributed by atoms with Crippen molar-refractivity contribution in [2.24, 2.45) is 17.6 Å². The van der Waals surface area contributed by atoms with Crippen LogP contribution in [0.25, 0.3) is 0 Å². The second-order valence-corrected chi connectivity index (χ2v) is 17.4. The zero-order valence-corrected chi connectivity index (χ0v) is 30.8. The first kappa shape index (κ1) is 36.4. The number of methoxy groups -OCH3 is 1. The first-order chi connectivity index (χ1) is 25.1. The molecule has 10 aliphatic heterocycles. The molecule has 0 aliphatic carbocycles. The molecule has 290 valence electrons. The molecule has 10 aliphatic rings. The van der Waals surface area contributed by atoms with Gasteiger partial charge >= 0.3 is 0 Å². The minimum atomic E-state index is -0.780. The van der Waals surface area contributed by atoms with Crippen molar-refractivity contribution in [3.8, 4) is 0 Å². The molecule has 10 rings (SSSR count). The molecule has 10 fully saturated rings. The lowest BCUT2D eigenvalue weighted by molar-refractivity contribution is -0.292. The molecule has 12 nitrogen and oxygen atoms in total. The summed E-state index contributed by atoms with van der Waals surface area (Å²) in [6.07, 6.45) is 4.85. The first-order valence-corrected chi connectivity index (χ1v) is 20.2. The van der Waals surface area contributed by atoms with Crippen LogP contribution in [0.2, 0.25) is 0 Å². The number of rotatable bonds is 4. The zero-order chi connectivity index (χ0) is 35.9. The van der Waals surface area contributed by atoms with Crippen molar-refractivity contribution in [2.45, 2.75) is 194 Å². The Hall–Kier alpha value is -1.29. The Morgan fingerprint density at radius 1 is 0.808 bits per heavy atom. The molecule has 4 unspecified atom stereocenters. The van der Waals surface area contributed by atoms with Gasteiger partial charge in [-0.3, -0.25) is 4.79 Å². The maximum Gasteiger partial charge on any atom is 0.172 e. The molecule has 0 aromatic carbocycles. The van der Waals surface area contributed by atoms with Gasteiger partial charge in [0.15, 0.2) is 5.79 Å². The van der Waals surface area contributed by atoms with Gasteiger partial charge in [-0.1, -0.05) is 20.1 Å². The van der Waals surface area contributed by atoms with E-state index in [0.717, 1.165) is 56.1 Å². The fourth-order valence-electron chi connectivity index (χ4n) is 11.3. The first-order valence-electron chi connectivity index (χ1n) is 20.2. The van der Waals surface area contributed by atoms with Crippen LogP contribution >= 0.6 is 0 Å². The van der Waals surface area contributed by atoms with Crippen molar-refractivity contribution in [2.75, 3.05) is 13.7 Å². The summed E-state index contributed by atoms with van der Waals surface area (Å²) in [6.45, 7) is 11.3. The van der Waals surface area contributed by atoms with E-state index in [2.05, 4.69) is 20.1 Å². The molecule has 19 atom stereocenters. The summed E-state index contributed by atoms with van der Waals surface area (Å²) in [6, 6.07) is 0. The lowest BCUT2D eigenvalue weighted by Crippen LogP contribution is -2.61. The number of carbonyl (C=O) groups is 1. The number of fused-ring (bicyclic) bond motifs is 6. The molecule has 10 heterocycles. The van der Waals surface area contributed by atoms with Crippen molar-refractivity contribution in [1.82, 2.24) is 0 Å². The van der Waals surface area contributed by atoms with Gasteiger partial charge in [-0.25, -0.2) is 0 Å². The molecule has 1 spiro atoms. The summed E-state index contributed by atoms with van der Waals surface area (Å²) in [5.74, 6) is -0.619. The number of ether oxygens (including phenoxy) is 9. The van der Waals surface area contributed by atoms with E-state index in [9.17, 15) is 9.90 Å². The zero-order valence-electron chi connectivity index (χ0n) is 30.8. The van der Waals surface area contributed by atoms with E-state index in [-0.39, 0.29) is 122 Å². The Kier molecular flexibility index (Phi) is 10.0. The lowest BCUT2D eigenvalue weighted by Gasteiger charge is -2.47. The highest BCUT2D eigenvalue weighted by Gasteiger charge is 2.68. The number of nitrogens with two attached hydrogens (primary N) is 1. The Morgan fingerprint density at radius 3 is 2.38 bits per heavy atom. The second-order valence-electron chi connectivity index (χ2n) is 17.4. The maximum atomic E-state index is 14.1. The predicted molar refractivity (Wildman–Crippen MR) is 186 cm³/mol. The van der Waals surface area contributed by atoms with E-state index in [1.54, 1.807) is 7.11 Å². The van der Waals surface area contributed by atoms with Gasteiger partial charge in [0, 0.05) is 58.1 Å². The van der Waals surface area contributed by atoms with E-state index in [1.165, 1.54) is 0 Å². The summed E-state index contributed by atoms with van der Waals surface area (Å²) in [7, 11) is 1.66. The molecular weight excluding hydrogens is 670 g/mol. The van der Waals surface area contributed by atoms with Gasteiger partial charge in [0.05, 0.1) is 67.1 Å². The van der Waals surface area contributed by atoms with Gasteiger partial charge in [-0.05, 0) is 62.0 Å². The van der Waals surface area contributed by atoms with Crippen molar-refractivity contribution < 1.29 is 52.5 Å². The average Bonchev–Trinajstić information content (AvgIpc) is 3.79. The molecule has 0 aromatic rings. The average molecular weight is 730 g/mol. The van der Waals surface area contributed by atoms with E-state index >= 15 is 0 Å². The summed E-state index contributed by atoms with van der Waals surface area (Å²) < 4.78 is 60.0. The van der Waals surface area contributed by atoms with Crippen LogP contribution in [0.4, 0.5) is 0 Å². The number of aliphatic hydroxyl groups excluding tert-OH is 1. The molecule has 52 heavy (non-hydrogen) atoms. The van der Waals surface area contributed by atoms with E-state index in [4.69, 9.17) is 48.4 Å². The summed E-state index contributed by atoms with van der Waals surface area (Å²) >= 11 is 0. The summed E-state index contributed by atoms with van der Waals surface area (Å²) in [5.41, 5.74) is 8.01. The topological polar surface area (TPSA) is 146 Å². The highest BCUT2D eigenvalue weighted by molar-refractivity contribution is 5.79. The van der Waals surface area contributed by atoms with Crippen molar-refractivity contribution in [1.29, 1.82) is 0 Å². The van der Waals surface area contributed by atoms with Crippen molar-refractivity contribution >= 4 is 5.78 Å². The SMILES string of the molecule is C=C1C[C@@H]2CC[C@@]34CC5O[C@H]6[C@@H](O3)[C@H]3OC(CC[C@@H]3O[C@H]6[C@H]5O4)CC(=O)C[C@@H]3[C@@H](OC)[C@@H](C[C@H](O)CN)O[C@H]3CC3O[C@@H](CCC1O2)C[C@@H](C)C3=C. The fourth-order valence-corrected chi connectivity index (χ4v) is 11.3. The third-order valence-corrected chi connectivity index (χ3v) is 14.0. The normalized spacial score (nSPS) is 52.4. The third-order valence-electron chi connectivity index (χ3n) is 14.0. The molecule has 3 N–H and O–H groups in total. The van der Waals surface area contributed by atoms with Crippen LogP contribution in [0.1, 0.15) is 90.4 Å². The van der Waals surface area contributed by atoms with Gasteiger partial charge in [-0.15, -0.1) is 0 Å². The van der Waals surface area contributed by atoms with Gasteiger partial charge in [0.2, 0.25) is 0 Å². The van der Waals surface area contributed by atoms with E-state index < -0.39 is 18.0 Å². The highest BCUT2D eigenvalue weighted by Crippen LogP contribution is 2.54. The van der Waals surface area contributed by atoms with Gasteiger partial charge in [-0.2, -0.15) is 0 Å². The lowest BCUT2D eigenvalue weighted by atomic mass is 9.81. The van der Waals surface area contributed by atoms with Crippen LogP contribution < -0.4 is 5.73 Å². The molecular formula is C40H59NO11. The Morgan fingerprint density at radius 2 is 1.56 bits per heavy atom. The smallest absolute Gasteiger partial charge is 0.172 e. The Balaban J connectivity index is 0.994. The van der Waals surface area contributed by atoms with Crippen molar-refractivity contribution in [3.63, 3.8) is 0 Å². The molecule has 10 saturated heterocycles. The quantitative estimate of drug-likeness (QED) is 0.409. The number of carbonyl (C=O) groups excluding carboxylic acids is 1. The van der Waals surface area contributed by atoms with Gasteiger partial charge in [0.1, 0.15) is 36.3 Å². The van der Waals surface area contributed by atoms with Crippen LogP contribution in [-0.2, 0) is 47.4 Å². The molecule has 0 radical (unpaired) electrons. The van der Waals surface area contributed by atoms with Gasteiger partial charge in [0.25, 0.3) is 0 Å². The van der Waals surface area contributed by atoms with Crippen LogP contribution in [0.3, 0.4) is 0 Å². The largest absolute Gasteiger partial charge is 0.392 e. The molecule has 0 saturated carbocycles. The number of Topliss-reactive ketones (excluding diaryl/α,β-unsaturated/α-hetero) is 1. The monoisotopic (exact) mass is 729 g/mol. The van der Waals surface area contributed by atoms with Crippen LogP contribution in [0, 0.1) is 11.8 Å². The summed E-state index contributed by atoms with van der Waals surface area (Å²) in [4.78, 5) is 14.1. The Labute approximate surface area is 307 Å². The number of aliphatic hydroxyl groups is 1. The Bertz CT molecular complexity index is 1380. The molecule has 0 amide bonds. The molecule has 12 heteroatoms. The number of hydrogen-bond acceptors (Lipinski definition) is 12. The maximum absolute atomic E-state index is 14.1. The molecule has 12 bridgehead atoms. The number of ketones is 1. The van der Waals surface area contributed by atoms with E-state index in [0.29, 0.717) is 25.7 Å². The van der Waals surface area contributed by atoms with Crippen LogP contribution in [0.5, 0.6) is 0 Å². The third kappa shape index (κ3) is 6.59. The minimum absolute atomic E-state index is 0.0158. The standard InChI is InChI=1S/C40H59NO11/c1-19-11-24-5-7-28-20(2)12-26(45-28)9-10-40-17-33-36(51-40)37-38(50-33)39(52-40)35-29(49-37)8-6-25(47-35)13-22(42)14-27-31(16-30(46-24)21(19)3)48-32(34(27)44-4)15-23(43)18-41/h19,23-39,43H,2-3,5-18,41H2,1,4H3/t19-,23+,24+,25?,26+,27+,28?,29+,30?,31+,32-,33?,34-,35+,36+,37+,38-,39+,40+/m1/s1. The molecule has 0 aromatic heterocycles. The van der Waals surface area contributed by atoms with Gasteiger partial charge < -0.3 is 53.5 Å². The van der Waals surface area contributed by atoms with E-state index in [1.807, 2.05) is 0 Å².